The Labute approximate surface area is 163 Å². The van der Waals surface area contributed by atoms with Crippen molar-refractivity contribution in [2.75, 3.05) is 11.6 Å². The summed E-state index contributed by atoms with van der Waals surface area (Å²) in [5.74, 6) is 1.72. The number of hydrogen-bond donors (Lipinski definition) is 1. The van der Waals surface area contributed by atoms with Crippen LogP contribution in [0, 0.1) is 0 Å². The quantitative estimate of drug-likeness (QED) is 0.549. The Hall–Kier alpha value is -2.77. The van der Waals surface area contributed by atoms with Crippen molar-refractivity contribution in [3.8, 4) is 11.4 Å². The molecule has 0 spiro atoms. The van der Waals surface area contributed by atoms with Crippen molar-refractivity contribution in [2.24, 2.45) is 0 Å². The van der Waals surface area contributed by atoms with E-state index < -0.39 is 10.8 Å². The summed E-state index contributed by atoms with van der Waals surface area (Å²) >= 11 is 6.20. The van der Waals surface area contributed by atoms with Crippen LogP contribution in [0.1, 0.15) is 5.56 Å². The topological polar surface area (TPSA) is 72.2 Å². The minimum atomic E-state index is -0.968. The van der Waals surface area contributed by atoms with Gasteiger partial charge in [-0.1, -0.05) is 41.9 Å². The van der Waals surface area contributed by atoms with Crippen LogP contribution in [0.5, 0.6) is 0 Å². The summed E-state index contributed by atoms with van der Waals surface area (Å²) < 4.78 is 13.2. The molecule has 4 rings (SSSR count). The molecule has 0 saturated heterocycles. The molecule has 0 radical (unpaired) electrons. The van der Waals surface area contributed by atoms with E-state index in [2.05, 4.69) is 20.6 Å². The predicted octanol–water partition coefficient (Wildman–Crippen LogP) is 4.07. The summed E-state index contributed by atoms with van der Waals surface area (Å²) in [6, 6.07) is 19.0. The van der Waals surface area contributed by atoms with Crippen LogP contribution in [0.15, 0.2) is 60.7 Å². The Kier molecular flexibility index (Phi) is 4.87. The van der Waals surface area contributed by atoms with Gasteiger partial charge in [-0.25, -0.2) is 0 Å². The number of anilines is 2. The Morgan fingerprint density at radius 2 is 1.89 bits per heavy atom. The van der Waals surface area contributed by atoms with Crippen LogP contribution in [0.3, 0.4) is 0 Å². The van der Waals surface area contributed by atoms with Crippen LogP contribution in [0.4, 0.5) is 11.5 Å². The van der Waals surface area contributed by atoms with Crippen LogP contribution >= 0.6 is 11.6 Å². The molecule has 136 valence electrons. The molecule has 0 fully saturated rings. The third kappa shape index (κ3) is 3.84. The lowest BCUT2D eigenvalue weighted by molar-refractivity contribution is 0.686. The molecule has 4 aromatic rings. The van der Waals surface area contributed by atoms with Gasteiger partial charge >= 0.3 is 0 Å². The van der Waals surface area contributed by atoms with Crippen LogP contribution in [0.2, 0.25) is 5.02 Å². The van der Waals surface area contributed by atoms with E-state index in [1.54, 1.807) is 16.8 Å². The van der Waals surface area contributed by atoms with Crippen molar-refractivity contribution in [1.29, 1.82) is 0 Å². The standard InChI is InChI=1S/C19H16ClN5OS/c1-27(26)12-14-11-15(7-8-16(14)20)21-17-9-10-18-22-23-19(25(18)24-17)13-5-3-2-4-6-13/h2-11H,12H2,1H3,(H,21,24). The number of nitrogens with one attached hydrogen (secondary N) is 1. The number of fused-ring (bicyclic) bond motifs is 1. The van der Waals surface area contributed by atoms with Crippen molar-refractivity contribution >= 4 is 39.6 Å². The molecular formula is C19H16ClN5OS. The highest BCUT2D eigenvalue weighted by atomic mass is 35.5. The van der Waals surface area contributed by atoms with Gasteiger partial charge in [-0.15, -0.1) is 15.3 Å². The zero-order valence-electron chi connectivity index (χ0n) is 14.5. The molecule has 2 aromatic carbocycles. The van der Waals surface area contributed by atoms with Gasteiger partial charge in [0.05, 0.1) is 0 Å². The second-order valence-electron chi connectivity index (χ2n) is 6.03. The largest absolute Gasteiger partial charge is 0.339 e. The first-order valence-corrected chi connectivity index (χ1v) is 10.3. The highest BCUT2D eigenvalue weighted by Crippen LogP contribution is 2.24. The molecule has 8 heteroatoms. The molecule has 1 atom stereocenters. The molecule has 27 heavy (non-hydrogen) atoms. The van der Waals surface area contributed by atoms with E-state index in [0.29, 0.717) is 28.1 Å². The number of aromatic nitrogens is 4. The summed E-state index contributed by atoms with van der Waals surface area (Å²) in [5, 5.41) is 16.9. The minimum Gasteiger partial charge on any atom is -0.339 e. The molecule has 0 bridgehead atoms. The van der Waals surface area contributed by atoms with Crippen LogP contribution in [0.25, 0.3) is 17.0 Å². The monoisotopic (exact) mass is 397 g/mol. The van der Waals surface area contributed by atoms with E-state index in [0.717, 1.165) is 16.8 Å². The Balaban J connectivity index is 1.68. The fourth-order valence-electron chi connectivity index (χ4n) is 2.75. The van der Waals surface area contributed by atoms with Gasteiger partial charge in [0.25, 0.3) is 0 Å². The summed E-state index contributed by atoms with van der Waals surface area (Å²) in [6.07, 6.45) is 1.66. The van der Waals surface area contributed by atoms with E-state index in [4.69, 9.17) is 11.6 Å². The summed E-state index contributed by atoms with van der Waals surface area (Å²) in [6.45, 7) is 0. The van der Waals surface area contributed by atoms with Crippen molar-refractivity contribution < 1.29 is 4.21 Å². The van der Waals surface area contributed by atoms with Gasteiger partial charge in [-0.3, -0.25) is 4.21 Å². The van der Waals surface area contributed by atoms with E-state index in [1.807, 2.05) is 54.6 Å². The van der Waals surface area contributed by atoms with Gasteiger partial charge in [0, 0.05) is 39.1 Å². The Bertz CT molecular complexity index is 1130. The number of benzene rings is 2. The van der Waals surface area contributed by atoms with Crippen LogP contribution < -0.4 is 5.32 Å². The summed E-state index contributed by atoms with van der Waals surface area (Å²) in [4.78, 5) is 0. The summed E-state index contributed by atoms with van der Waals surface area (Å²) in [5.41, 5.74) is 3.25. The maximum atomic E-state index is 11.5. The average Bonchev–Trinajstić information content (AvgIpc) is 3.08. The van der Waals surface area contributed by atoms with E-state index in [-0.39, 0.29) is 0 Å². The average molecular weight is 398 g/mol. The molecule has 6 nitrogen and oxygen atoms in total. The second kappa shape index (κ2) is 7.46. The third-order valence-corrected chi connectivity index (χ3v) is 5.06. The molecule has 1 N–H and O–H groups in total. The van der Waals surface area contributed by atoms with Gasteiger partial charge in [0.15, 0.2) is 17.3 Å². The lowest BCUT2D eigenvalue weighted by Crippen LogP contribution is -2.01. The van der Waals surface area contributed by atoms with Crippen molar-refractivity contribution in [2.45, 2.75) is 5.75 Å². The third-order valence-electron chi connectivity index (χ3n) is 3.97. The molecular weight excluding hydrogens is 382 g/mol. The first kappa shape index (κ1) is 17.6. The molecule has 0 aliphatic rings. The maximum Gasteiger partial charge on any atom is 0.185 e. The zero-order chi connectivity index (χ0) is 18.8. The highest BCUT2D eigenvalue weighted by molar-refractivity contribution is 7.83. The molecule has 0 amide bonds. The smallest absolute Gasteiger partial charge is 0.185 e. The Morgan fingerprint density at radius 3 is 2.67 bits per heavy atom. The molecule has 0 aliphatic carbocycles. The first-order valence-electron chi connectivity index (χ1n) is 8.23. The van der Waals surface area contributed by atoms with Gasteiger partial charge in [0.2, 0.25) is 0 Å². The molecule has 0 saturated carbocycles. The number of rotatable bonds is 5. The van der Waals surface area contributed by atoms with Crippen molar-refractivity contribution in [3.63, 3.8) is 0 Å². The van der Waals surface area contributed by atoms with Crippen LogP contribution in [-0.2, 0) is 16.6 Å². The Morgan fingerprint density at radius 1 is 1.07 bits per heavy atom. The molecule has 2 aromatic heterocycles. The first-order chi connectivity index (χ1) is 13.1. The van der Waals surface area contributed by atoms with Crippen molar-refractivity contribution in [1.82, 2.24) is 19.8 Å². The van der Waals surface area contributed by atoms with Crippen molar-refractivity contribution in [3.05, 3.63) is 71.2 Å². The zero-order valence-corrected chi connectivity index (χ0v) is 16.0. The van der Waals surface area contributed by atoms with E-state index in [1.165, 1.54) is 0 Å². The molecule has 1 unspecified atom stereocenters. The normalized spacial score (nSPS) is 12.2. The fourth-order valence-corrected chi connectivity index (χ4v) is 3.69. The fraction of sp³-hybridized carbons (Fsp3) is 0.105. The van der Waals surface area contributed by atoms with Gasteiger partial charge in [-0.2, -0.15) is 4.52 Å². The molecule has 0 aliphatic heterocycles. The lowest BCUT2D eigenvalue weighted by atomic mass is 10.2. The van der Waals surface area contributed by atoms with Gasteiger partial charge in [0.1, 0.15) is 0 Å². The highest BCUT2D eigenvalue weighted by Gasteiger charge is 2.10. The predicted molar refractivity (Wildman–Crippen MR) is 109 cm³/mol. The summed E-state index contributed by atoms with van der Waals surface area (Å²) in [7, 11) is -0.968. The number of halogens is 1. The SMILES string of the molecule is CS(=O)Cc1cc(Nc2ccc3nnc(-c4ccccc4)n3n2)ccc1Cl. The minimum absolute atomic E-state index is 0.407. The number of hydrogen-bond acceptors (Lipinski definition) is 5. The lowest BCUT2D eigenvalue weighted by Gasteiger charge is -2.09. The second-order valence-corrected chi connectivity index (χ2v) is 7.87. The van der Waals surface area contributed by atoms with Gasteiger partial charge in [-0.05, 0) is 35.9 Å². The van der Waals surface area contributed by atoms with Crippen LogP contribution in [-0.4, -0.2) is 30.3 Å². The number of nitrogens with zero attached hydrogens (tertiary/aromatic N) is 4. The van der Waals surface area contributed by atoms with E-state index >= 15 is 0 Å². The van der Waals surface area contributed by atoms with E-state index in [9.17, 15) is 4.21 Å². The van der Waals surface area contributed by atoms with Gasteiger partial charge < -0.3 is 5.32 Å². The molecule has 2 heterocycles. The maximum absolute atomic E-state index is 11.5.